The van der Waals surface area contributed by atoms with E-state index in [1.807, 2.05) is 18.2 Å². The largest absolute Gasteiger partial charge is 0.495 e. The topological polar surface area (TPSA) is 44.5 Å². The van der Waals surface area contributed by atoms with E-state index in [0.717, 1.165) is 23.1 Å². The molecule has 2 N–H and O–H groups in total. The first-order valence-electron chi connectivity index (χ1n) is 6.51. The van der Waals surface area contributed by atoms with Crippen LogP contribution in [0.25, 0.3) is 0 Å². The highest BCUT2D eigenvalue weighted by atomic mass is 16.7. The Balaban J connectivity index is 2.35. The molecule has 1 atom stereocenters. The van der Waals surface area contributed by atoms with E-state index in [1.165, 1.54) is 0 Å². The van der Waals surface area contributed by atoms with Crippen molar-refractivity contribution in [1.29, 1.82) is 0 Å². The first-order chi connectivity index (χ1) is 8.29. The number of aryl methyl sites for hydroxylation is 1. The van der Waals surface area contributed by atoms with Gasteiger partial charge in [-0.05, 0) is 51.7 Å². The lowest BCUT2D eigenvalue weighted by atomic mass is 9.76. The first kappa shape index (κ1) is 13.4. The fraction of sp³-hybridized carbons (Fsp3) is 0.571. The average molecular weight is 247 g/mol. The molecular formula is C14H22BNO2. The van der Waals surface area contributed by atoms with Gasteiger partial charge in [-0.25, -0.2) is 0 Å². The second-order valence-electron chi connectivity index (χ2n) is 5.78. The number of hydrogen-bond donors (Lipinski definition) is 1. The molecule has 0 saturated carbocycles. The van der Waals surface area contributed by atoms with E-state index < -0.39 is 0 Å². The van der Waals surface area contributed by atoms with Crippen LogP contribution in [0.5, 0.6) is 0 Å². The van der Waals surface area contributed by atoms with Crippen LogP contribution in [-0.4, -0.2) is 18.3 Å². The van der Waals surface area contributed by atoms with Crippen LogP contribution in [-0.2, 0) is 9.31 Å². The van der Waals surface area contributed by atoms with Crippen LogP contribution in [0.2, 0.25) is 0 Å². The zero-order valence-electron chi connectivity index (χ0n) is 11.9. The molecule has 98 valence electrons. The van der Waals surface area contributed by atoms with Crippen molar-refractivity contribution >= 4 is 18.3 Å². The standard InChI is InChI=1S/C14H22BNO2/c1-6-14(5)13(3,4)17-15(18-14)12-9-11(16)8-7-10(12)2/h7-9H,6,16H2,1-5H3. The summed E-state index contributed by atoms with van der Waals surface area (Å²) in [7, 11) is -0.326. The van der Waals surface area contributed by atoms with Gasteiger partial charge in [-0.2, -0.15) is 0 Å². The van der Waals surface area contributed by atoms with E-state index in [9.17, 15) is 0 Å². The van der Waals surface area contributed by atoms with E-state index in [-0.39, 0.29) is 18.3 Å². The Kier molecular flexibility index (Phi) is 3.20. The summed E-state index contributed by atoms with van der Waals surface area (Å²) in [5, 5.41) is 0. The molecule has 1 fully saturated rings. The number of anilines is 1. The molecule has 0 aliphatic carbocycles. The van der Waals surface area contributed by atoms with Crippen molar-refractivity contribution in [2.45, 2.75) is 52.2 Å². The molecular weight excluding hydrogens is 225 g/mol. The number of benzene rings is 1. The molecule has 0 amide bonds. The lowest BCUT2D eigenvalue weighted by Gasteiger charge is -2.35. The summed E-state index contributed by atoms with van der Waals surface area (Å²) in [5.41, 5.74) is 8.19. The van der Waals surface area contributed by atoms with Crippen molar-refractivity contribution in [2.75, 3.05) is 5.73 Å². The molecule has 1 unspecified atom stereocenters. The molecule has 0 bridgehead atoms. The number of nitrogen functional groups attached to an aromatic ring is 1. The van der Waals surface area contributed by atoms with Crippen LogP contribution in [0.3, 0.4) is 0 Å². The number of hydrogen-bond acceptors (Lipinski definition) is 3. The minimum atomic E-state index is -0.326. The Labute approximate surface area is 110 Å². The highest BCUT2D eigenvalue weighted by Crippen LogP contribution is 2.39. The maximum atomic E-state index is 6.16. The SMILES string of the molecule is CCC1(C)OB(c2cc(N)ccc2C)OC1(C)C. The van der Waals surface area contributed by atoms with Crippen LogP contribution >= 0.6 is 0 Å². The third kappa shape index (κ3) is 2.04. The lowest BCUT2D eigenvalue weighted by Crippen LogP contribution is -2.44. The van der Waals surface area contributed by atoms with Gasteiger partial charge in [0.25, 0.3) is 0 Å². The minimum absolute atomic E-state index is 0.269. The third-order valence-electron chi connectivity index (χ3n) is 4.27. The molecule has 1 aromatic rings. The van der Waals surface area contributed by atoms with Gasteiger partial charge in [0.15, 0.2) is 0 Å². The highest BCUT2D eigenvalue weighted by molar-refractivity contribution is 6.62. The van der Waals surface area contributed by atoms with Crippen molar-refractivity contribution < 1.29 is 9.31 Å². The molecule has 18 heavy (non-hydrogen) atoms. The molecule has 2 rings (SSSR count). The third-order valence-corrected chi connectivity index (χ3v) is 4.27. The van der Waals surface area contributed by atoms with Gasteiger partial charge in [0, 0.05) is 5.69 Å². The monoisotopic (exact) mass is 247 g/mol. The second kappa shape index (κ2) is 4.28. The predicted octanol–water partition coefficient (Wildman–Crippen LogP) is 2.27. The van der Waals surface area contributed by atoms with E-state index in [2.05, 4.69) is 34.6 Å². The smallest absolute Gasteiger partial charge is 0.399 e. The van der Waals surface area contributed by atoms with E-state index in [4.69, 9.17) is 15.0 Å². The minimum Gasteiger partial charge on any atom is -0.399 e. The van der Waals surface area contributed by atoms with Crippen LogP contribution < -0.4 is 11.2 Å². The molecule has 1 aromatic carbocycles. The van der Waals surface area contributed by atoms with Gasteiger partial charge in [0.05, 0.1) is 11.2 Å². The van der Waals surface area contributed by atoms with Gasteiger partial charge >= 0.3 is 7.12 Å². The Morgan fingerprint density at radius 2 is 1.89 bits per heavy atom. The van der Waals surface area contributed by atoms with Gasteiger partial charge in [0.2, 0.25) is 0 Å². The van der Waals surface area contributed by atoms with Gasteiger partial charge in [-0.1, -0.05) is 18.6 Å². The highest BCUT2D eigenvalue weighted by Gasteiger charge is 2.53. The average Bonchev–Trinajstić information content (AvgIpc) is 2.54. The lowest BCUT2D eigenvalue weighted by molar-refractivity contribution is -0.0118. The molecule has 1 saturated heterocycles. The van der Waals surface area contributed by atoms with Crippen LogP contribution in [0.15, 0.2) is 18.2 Å². The van der Waals surface area contributed by atoms with Crippen molar-refractivity contribution in [1.82, 2.24) is 0 Å². The van der Waals surface area contributed by atoms with Crippen LogP contribution in [0, 0.1) is 6.92 Å². The summed E-state index contributed by atoms with van der Waals surface area (Å²) < 4.78 is 12.3. The van der Waals surface area contributed by atoms with Gasteiger partial charge in [-0.3, -0.25) is 0 Å². The second-order valence-corrected chi connectivity index (χ2v) is 5.78. The number of nitrogens with two attached hydrogens (primary N) is 1. The Morgan fingerprint density at radius 1 is 1.22 bits per heavy atom. The molecule has 1 aliphatic heterocycles. The van der Waals surface area contributed by atoms with Crippen molar-refractivity contribution in [3.8, 4) is 0 Å². The molecule has 4 heteroatoms. The van der Waals surface area contributed by atoms with Gasteiger partial charge < -0.3 is 15.0 Å². The summed E-state index contributed by atoms with van der Waals surface area (Å²) in [6.07, 6.45) is 0.915. The normalized spacial score (nSPS) is 26.6. The quantitative estimate of drug-likeness (QED) is 0.644. The number of rotatable bonds is 2. The summed E-state index contributed by atoms with van der Waals surface area (Å²) in [5.74, 6) is 0. The molecule has 0 spiro atoms. The Morgan fingerprint density at radius 3 is 2.44 bits per heavy atom. The summed E-state index contributed by atoms with van der Waals surface area (Å²) in [6, 6.07) is 5.85. The molecule has 1 aliphatic rings. The fourth-order valence-corrected chi connectivity index (χ4v) is 2.34. The Bertz CT molecular complexity index is 461. The van der Waals surface area contributed by atoms with Crippen molar-refractivity contribution in [3.05, 3.63) is 23.8 Å². The zero-order valence-corrected chi connectivity index (χ0v) is 11.9. The summed E-state index contributed by atoms with van der Waals surface area (Å²) in [6.45, 7) is 10.4. The predicted molar refractivity (Wildman–Crippen MR) is 75.9 cm³/mol. The van der Waals surface area contributed by atoms with Crippen molar-refractivity contribution in [3.63, 3.8) is 0 Å². The van der Waals surface area contributed by atoms with Crippen molar-refractivity contribution in [2.24, 2.45) is 0 Å². The zero-order chi connectivity index (χ0) is 13.6. The van der Waals surface area contributed by atoms with E-state index >= 15 is 0 Å². The van der Waals surface area contributed by atoms with E-state index in [0.29, 0.717) is 0 Å². The Hall–Kier alpha value is -0.995. The molecule has 1 heterocycles. The van der Waals surface area contributed by atoms with Gasteiger partial charge in [-0.15, -0.1) is 0 Å². The molecule has 0 radical (unpaired) electrons. The fourth-order valence-electron chi connectivity index (χ4n) is 2.34. The molecule has 3 nitrogen and oxygen atoms in total. The first-order valence-corrected chi connectivity index (χ1v) is 6.51. The van der Waals surface area contributed by atoms with Gasteiger partial charge in [0.1, 0.15) is 0 Å². The van der Waals surface area contributed by atoms with E-state index in [1.54, 1.807) is 0 Å². The summed E-state index contributed by atoms with van der Waals surface area (Å²) >= 11 is 0. The summed E-state index contributed by atoms with van der Waals surface area (Å²) in [4.78, 5) is 0. The van der Waals surface area contributed by atoms with Crippen LogP contribution in [0.1, 0.15) is 39.7 Å². The van der Waals surface area contributed by atoms with Crippen LogP contribution in [0.4, 0.5) is 5.69 Å². The molecule has 0 aromatic heterocycles. The maximum absolute atomic E-state index is 6.16. The maximum Gasteiger partial charge on any atom is 0.495 e.